The number of nitrogens with zero attached hydrogens (tertiary/aromatic N) is 3. The van der Waals surface area contributed by atoms with E-state index in [1.165, 1.54) is 6.20 Å². The average molecular weight is 501 g/mol. The highest BCUT2D eigenvalue weighted by Gasteiger charge is 2.33. The quantitative estimate of drug-likeness (QED) is 0.326. The topological polar surface area (TPSA) is 91.7 Å². The highest BCUT2D eigenvalue weighted by atomic mass is 35.5. The number of anilines is 1. The minimum atomic E-state index is -4.45. The van der Waals surface area contributed by atoms with Crippen LogP contribution in [0.5, 0.6) is 0 Å². The number of benzene rings is 1. The molecule has 4 heterocycles. The molecule has 1 fully saturated rings. The molecule has 4 aromatic rings. The summed E-state index contributed by atoms with van der Waals surface area (Å²) >= 11 is 7.13. The Morgan fingerprint density at radius 1 is 1.30 bits per heavy atom. The van der Waals surface area contributed by atoms with Gasteiger partial charge in [0.05, 0.1) is 38.9 Å². The zero-order valence-corrected chi connectivity index (χ0v) is 18.4. The molecule has 0 saturated carbocycles. The molecule has 0 spiro atoms. The van der Waals surface area contributed by atoms with E-state index in [0.717, 1.165) is 11.3 Å². The first-order valence-electron chi connectivity index (χ1n) is 10.1. The summed E-state index contributed by atoms with van der Waals surface area (Å²) in [6, 6.07) is 4.57. The van der Waals surface area contributed by atoms with Gasteiger partial charge in [0, 0.05) is 6.54 Å². The maximum atomic E-state index is 14.4. The lowest BCUT2D eigenvalue weighted by atomic mass is 10.0. The number of alkyl halides is 4. The maximum absolute atomic E-state index is 14.4. The van der Waals surface area contributed by atoms with Gasteiger partial charge in [-0.15, -0.1) is 11.3 Å². The van der Waals surface area contributed by atoms with Crippen LogP contribution in [-0.2, 0) is 6.42 Å². The van der Waals surface area contributed by atoms with E-state index >= 15 is 0 Å². The van der Waals surface area contributed by atoms with E-state index in [4.69, 9.17) is 16.1 Å². The number of fused-ring (bicyclic) bond motifs is 1. The Bertz CT molecular complexity index is 1290. The summed E-state index contributed by atoms with van der Waals surface area (Å²) in [5.74, 6) is 0.0172. The molecule has 7 nitrogen and oxygen atoms in total. The molecule has 3 aromatic heterocycles. The molecule has 1 aromatic carbocycles. The van der Waals surface area contributed by atoms with Crippen molar-refractivity contribution >= 4 is 38.7 Å². The van der Waals surface area contributed by atoms with Crippen LogP contribution in [0.4, 0.5) is 23.2 Å². The molecule has 0 unspecified atom stereocenters. The summed E-state index contributed by atoms with van der Waals surface area (Å²) in [6.07, 6.45) is -4.82. The Morgan fingerprint density at radius 2 is 2.15 bits per heavy atom. The van der Waals surface area contributed by atoms with Crippen molar-refractivity contribution in [2.45, 2.75) is 31.2 Å². The first-order valence-corrected chi connectivity index (χ1v) is 11.3. The van der Waals surface area contributed by atoms with Crippen molar-refractivity contribution in [3.63, 3.8) is 0 Å². The molecule has 0 bridgehead atoms. The van der Waals surface area contributed by atoms with E-state index in [0.29, 0.717) is 28.7 Å². The van der Waals surface area contributed by atoms with E-state index < -0.39 is 24.8 Å². The van der Waals surface area contributed by atoms with Crippen molar-refractivity contribution in [1.29, 1.82) is 0 Å². The Kier molecular flexibility index (Phi) is 5.75. The molecule has 0 amide bonds. The van der Waals surface area contributed by atoms with Gasteiger partial charge < -0.3 is 15.2 Å². The van der Waals surface area contributed by atoms with Crippen molar-refractivity contribution in [3.05, 3.63) is 35.0 Å². The predicted octanol–water partition coefficient (Wildman–Crippen LogP) is 5.21. The lowest BCUT2D eigenvalue weighted by Crippen LogP contribution is -2.45. The largest absolute Gasteiger partial charge is 0.393 e. The molecule has 1 aliphatic heterocycles. The minimum absolute atomic E-state index is 0.00676. The second-order valence-electron chi connectivity index (χ2n) is 7.66. The smallest absolute Gasteiger partial charge is 0.378 e. The van der Waals surface area contributed by atoms with E-state index in [9.17, 15) is 17.6 Å². The summed E-state index contributed by atoms with van der Waals surface area (Å²) in [7, 11) is 0. The fourth-order valence-electron chi connectivity index (χ4n) is 3.86. The van der Waals surface area contributed by atoms with Gasteiger partial charge in [-0.05, 0) is 30.0 Å². The number of H-pyrrole nitrogens is 1. The zero-order valence-electron chi connectivity index (χ0n) is 16.8. The van der Waals surface area contributed by atoms with Crippen molar-refractivity contribution in [3.8, 4) is 22.3 Å². The summed E-state index contributed by atoms with van der Waals surface area (Å²) in [6.45, 7) is 0.884. The second-order valence-corrected chi connectivity index (χ2v) is 9.09. The maximum Gasteiger partial charge on any atom is 0.393 e. The van der Waals surface area contributed by atoms with Crippen molar-refractivity contribution in [1.82, 2.24) is 25.7 Å². The predicted molar refractivity (Wildman–Crippen MR) is 117 cm³/mol. The molecule has 13 heteroatoms. The molecule has 33 heavy (non-hydrogen) atoms. The number of piperidine rings is 1. The Hall–Kier alpha value is -2.70. The number of halogens is 5. The van der Waals surface area contributed by atoms with Gasteiger partial charge in [0.15, 0.2) is 0 Å². The van der Waals surface area contributed by atoms with Gasteiger partial charge in [0.1, 0.15) is 11.9 Å². The first-order chi connectivity index (χ1) is 15.8. The summed E-state index contributed by atoms with van der Waals surface area (Å²) in [5, 5.41) is 17.1. The molecule has 1 saturated heterocycles. The van der Waals surface area contributed by atoms with Gasteiger partial charge in [0.25, 0.3) is 5.89 Å². The van der Waals surface area contributed by atoms with Gasteiger partial charge in [-0.1, -0.05) is 28.9 Å². The van der Waals surface area contributed by atoms with Crippen LogP contribution in [0.1, 0.15) is 12.0 Å². The molecule has 1 aliphatic rings. The molecular weight excluding hydrogens is 484 g/mol. The third-order valence-corrected chi connectivity index (χ3v) is 6.94. The first kappa shape index (κ1) is 22.1. The zero-order chi connectivity index (χ0) is 23.2. The number of thiophene rings is 1. The number of aromatic nitrogens is 4. The van der Waals surface area contributed by atoms with Crippen molar-refractivity contribution < 1.29 is 22.1 Å². The molecule has 3 N–H and O–H groups in total. The van der Waals surface area contributed by atoms with Gasteiger partial charge in [-0.2, -0.15) is 23.3 Å². The number of hydrogen-bond donors (Lipinski definition) is 3. The monoisotopic (exact) mass is 500 g/mol. The number of rotatable bonds is 5. The number of aromatic amines is 1. The number of hydrogen-bond acceptors (Lipinski definition) is 7. The normalized spacial score (nSPS) is 19.3. The Balaban J connectivity index is 1.60. The van der Waals surface area contributed by atoms with Crippen LogP contribution < -0.4 is 10.6 Å². The lowest BCUT2D eigenvalue weighted by molar-refractivity contribution is -0.126. The fourth-order valence-corrected chi connectivity index (χ4v) is 5.26. The summed E-state index contributed by atoms with van der Waals surface area (Å²) in [4.78, 5) is 4.47. The van der Waals surface area contributed by atoms with Crippen LogP contribution in [0.3, 0.4) is 0 Å². The molecule has 174 valence electrons. The van der Waals surface area contributed by atoms with Gasteiger partial charge >= 0.3 is 6.18 Å². The third-order valence-electron chi connectivity index (χ3n) is 5.38. The average Bonchev–Trinajstić information content (AvgIpc) is 3.48. The standard InChI is InChI=1S/C20H17ClF4N6OS/c21-11-7-27-30-15(11)19-29-18(31-32-19)17-10(6-20(23,24)25)9-2-1-3-14(16(9)33-17)28-13-4-5-26-8-12(13)22/h1-3,7,12-13,26,28H,4-6,8H2,(H,27,30)/t12-,13+/m0/s1. The van der Waals surface area contributed by atoms with Crippen molar-refractivity contribution in [2.24, 2.45) is 0 Å². The van der Waals surface area contributed by atoms with Gasteiger partial charge in [-0.3, -0.25) is 5.10 Å². The highest BCUT2D eigenvalue weighted by molar-refractivity contribution is 7.23. The molecule has 0 aliphatic carbocycles. The van der Waals surface area contributed by atoms with Crippen LogP contribution in [0.25, 0.3) is 32.4 Å². The fraction of sp³-hybridized carbons (Fsp3) is 0.350. The van der Waals surface area contributed by atoms with Crippen LogP contribution in [-0.4, -0.2) is 51.8 Å². The highest BCUT2D eigenvalue weighted by Crippen LogP contribution is 2.44. The van der Waals surface area contributed by atoms with Crippen molar-refractivity contribution in [2.75, 3.05) is 18.4 Å². The van der Waals surface area contributed by atoms with Gasteiger partial charge in [0.2, 0.25) is 5.82 Å². The van der Waals surface area contributed by atoms with E-state index in [1.54, 1.807) is 18.2 Å². The molecule has 2 atom stereocenters. The second kappa shape index (κ2) is 8.58. The lowest BCUT2D eigenvalue weighted by Gasteiger charge is -2.28. The van der Waals surface area contributed by atoms with E-state index in [1.807, 2.05) is 0 Å². The molecule has 0 radical (unpaired) electrons. The number of nitrogens with one attached hydrogen (secondary N) is 3. The Morgan fingerprint density at radius 3 is 2.88 bits per heavy atom. The summed E-state index contributed by atoms with van der Waals surface area (Å²) < 4.78 is 60.6. The Labute approximate surface area is 193 Å². The van der Waals surface area contributed by atoms with E-state index in [-0.39, 0.29) is 39.4 Å². The molecule has 5 rings (SSSR count). The van der Waals surface area contributed by atoms with Crippen LogP contribution in [0.2, 0.25) is 5.02 Å². The van der Waals surface area contributed by atoms with E-state index in [2.05, 4.69) is 31.0 Å². The SMILES string of the molecule is F[C@H]1CNCC[C@H]1Nc1cccc2c(CC(F)(F)F)c(-c3noc(-c4[nH]ncc4Cl)n3)sc12. The third kappa shape index (κ3) is 4.42. The minimum Gasteiger partial charge on any atom is -0.378 e. The van der Waals surface area contributed by atoms with Crippen LogP contribution in [0.15, 0.2) is 28.9 Å². The van der Waals surface area contributed by atoms with Crippen LogP contribution in [0, 0.1) is 0 Å². The van der Waals surface area contributed by atoms with Crippen LogP contribution >= 0.6 is 22.9 Å². The van der Waals surface area contributed by atoms with Gasteiger partial charge in [-0.25, -0.2) is 4.39 Å². The summed E-state index contributed by atoms with van der Waals surface area (Å²) in [5.41, 5.74) is 0.884. The molecular formula is C20H17ClF4N6OS.